The molecule has 0 atom stereocenters. The minimum atomic E-state index is -0.0750. The van der Waals surface area contributed by atoms with Crippen LogP contribution in [-0.2, 0) is 9.53 Å². The van der Waals surface area contributed by atoms with E-state index in [0.29, 0.717) is 18.0 Å². The van der Waals surface area contributed by atoms with E-state index in [2.05, 4.69) is 26.2 Å². The summed E-state index contributed by atoms with van der Waals surface area (Å²) in [4.78, 5) is 20.8. The van der Waals surface area contributed by atoms with Crippen molar-refractivity contribution in [1.82, 2.24) is 19.7 Å². The number of aryl methyl sites for hydroxylation is 1. The zero-order valence-electron chi connectivity index (χ0n) is 20.2. The highest BCUT2D eigenvalue weighted by atomic mass is 32.1. The van der Waals surface area contributed by atoms with Crippen molar-refractivity contribution >= 4 is 44.2 Å². The highest BCUT2D eigenvalue weighted by molar-refractivity contribution is 7.17. The Morgan fingerprint density at radius 3 is 2.83 bits per heavy atom. The summed E-state index contributed by atoms with van der Waals surface area (Å²) < 4.78 is 14.6. The molecule has 9 heteroatoms. The van der Waals surface area contributed by atoms with Crippen molar-refractivity contribution < 1.29 is 13.9 Å². The van der Waals surface area contributed by atoms with Crippen LogP contribution >= 0.6 is 11.3 Å². The molecule has 6 rings (SSSR count). The SMILES string of the molecule is CCOC(=O)[C@H]1CC[C@H](n2cc(-c3cnc(N)c4oc(-c5csc6cnccc56)cc34)c(C)n2)CC1. The van der Waals surface area contributed by atoms with E-state index in [-0.39, 0.29) is 17.9 Å². The van der Waals surface area contributed by atoms with Crippen LogP contribution in [0.3, 0.4) is 0 Å². The van der Waals surface area contributed by atoms with E-state index in [1.165, 1.54) is 0 Å². The van der Waals surface area contributed by atoms with Crippen molar-refractivity contribution in [1.29, 1.82) is 0 Å². The number of hydrogen-bond acceptors (Lipinski definition) is 8. The highest BCUT2D eigenvalue weighted by Gasteiger charge is 2.29. The molecule has 0 aromatic carbocycles. The van der Waals surface area contributed by atoms with E-state index in [1.807, 2.05) is 32.2 Å². The standard InChI is InChI=1S/C27H27N5O3S/c1-3-34-27(33)16-4-6-17(7-5-16)32-13-21(15(2)31-32)20-11-30-26(28)25-19(20)10-23(35-25)22-14-36-24-12-29-9-8-18(22)24/h8-14,16-17H,3-7H2,1-2H3,(H2,28,30)/t16-,17-. The Bertz CT molecular complexity index is 1580. The van der Waals surface area contributed by atoms with E-state index in [4.69, 9.17) is 20.0 Å². The third kappa shape index (κ3) is 3.83. The van der Waals surface area contributed by atoms with E-state index < -0.39 is 0 Å². The summed E-state index contributed by atoms with van der Waals surface area (Å²) in [6, 6.07) is 4.30. The number of carbonyl (C=O) groups excluding carboxylic acids is 1. The number of furan rings is 1. The third-order valence-corrected chi connectivity index (χ3v) is 8.06. The number of nitrogen functional groups attached to an aromatic ring is 1. The van der Waals surface area contributed by atoms with Crippen LogP contribution in [0.15, 0.2) is 46.7 Å². The van der Waals surface area contributed by atoms with Crippen LogP contribution in [0.1, 0.15) is 44.3 Å². The van der Waals surface area contributed by atoms with Crippen molar-refractivity contribution in [2.45, 2.75) is 45.6 Å². The maximum atomic E-state index is 12.1. The number of thiophene rings is 1. The molecule has 0 unspecified atom stereocenters. The van der Waals surface area contributed by atoms with E-state index in [9.17, 15) is 4.79 Å². The zero-order chi connectivity index (χ0) is 24.8. The fourth-order valence-electron chi connectivity index (χ4n) is 5.23. The number of nitrogens with zero attached hydrogens (tertiary/aromatic N) is 4. The number of ether oxygens (including phenoxy) is 1. The number of nitrogens with two attached hydrogens (primary N) is 1. The predicted octanol–water partition coefficient (Wildman–Crippen LogP) is 6.15. The van der Waals surface area contributed by atoms with Gasteiger partial charge in [-0.3, -0.25) is 14.5 Å². The fourth-order valence-corrected chi connectivity index (χ4v) is 6.15. The molecule has 0 amide bonds. The molecule has 184 valence electrons. The highest BCUT2D eigenvalue weighted by Crippen LogP contribution is 2.41. The molecule has 2 N–H and O–H groups in total. The maximum Gasteiger partial charge on any atom is 0.308 e. The van der Waals surface area contributed by atoms with E-state index >= 15 is 0 Å². The van der Waals surface area contributed by atoms with Crippen molar-refractivity contribution in [3.05, 3.63) is 48.0 Å². The molecule has 0 spiro atoms. The number of hydrogen-bond donors (Lipinski definition) is 1. The first-order valence-corrected chi connectivity index (χ1v) is 13.1. The average molecular weight is 502 g/mol. The lowest BCUT2D eigenvalue weighted by Gasteiger charge is -2.27. The van der Waals surface area contributed by atoms with Gasteiger partial charge in [-0.2, -0.15) is 5.10 Å². The summed E-state index contributed by atoms with van der Waals surface area (Å²) in [5.74, 6) is 1.04. The van der Waals surface area contributed by atoms with Crippen LogP contribution < -0.4 is 5.73 Å². The van der Waals surface area contributed by atoms with Crippen LogP contribution in [0, 0.1) is 12.8 Å². The van der Waals surface area contributed by atoms with Crippen LogP contribution in [0.2, 0.25) is 0 Å². The van der Waals surface area contributed by atoms with Gasteiger partial charge < -0.3 is 14.9 Å². The number of aromatic nitrogens is 4. The number of rotatable bonds is 5. The molecule has 5 aromatic heterocycles. The van der Waals surface area contributed by atoms with Crippen molar-refractivity contribution in [3.63, 3.8) is 0 Å². The molecule has 36 heavy (non-hydrogen) atoms. The lowest BCUT2D eigenvalue weighted by Crippen LogP contribution is -2.25. The third-order valence-electron chi connectivity index (χ3n) is 7.13. The predicted molar refractivity (Wildman–Crippen MR) is 141 cm³/mol. The Kier molecular flexibility index (Phi) is 5.72. The van der Waals surface area contributed by atoms with Gasteiger partial charge in [0.25, 0.3) is 0 Å². The van der Waals surface area contributed by atoms with Crippen molar-refractivity contribution in [3.8, 4) is 22.5 Å². The molecule has 5 aromatic rings. The summed E-state index contributed by atoms with van der Waals surface area (Å²) in [5, 5.41) is 8.95. The van der Waals surface area contributed by atoms with E-state index in [1.54, 1.807) is 23.7 Å². The molecule has 0 bridgehead atoms. The molecule has 0 saturated heterocycles. The summed E-state index contributed by atoms with van der Waals surface area (Å²) >= 11 is 1.64. The fraction of sp³-hybridized carbons (Fsp3) is 0.333. The first kappa shape index (κ1) is 22.7. The van der Waals surface area contributed by atoms with Gasteiger partial charge in [0.05, 0.1) is 29.0 Å². The van der Waals surface area contributed by atoms with Gasteiger partial charge in [0, 0.05) is 57.6 Å². The number of fused-ring (bicyclic) bond motifs is 2. The molecule has 1 saturated carbocycles. The van der Waals surface area contributed by atoms with Gasteiger partial charge in [-0.25, -0.2) is 4.98 Å². The topological polar surface area (TPSA) is 109 Å². The second-order valence-corrected chi connectivity index (χ2v) is 10.2. The summed E-state index contributed by atoms with van der Waals surface area (Å²) in [6.45, 7) is 4.29. The molecule has 8 nitrogen and oxygen atoms in total. The molecule has 1 fully saturated rings. The van der Waals surface area contributed by atoms with Crippen molar-refractivity contribution in [2.75, 3.05) is 12.3 Å². The smallest absolute Gasteiger partial charge is 0.308 e. The molecule has 1 aliphatic rings. The number of anilines is 1. The Morgan fingerprint density at radius 1 is 1.19 bits per heavy atom. The van der Waals surface area contributed by atoms with Gasteiger partial charge in [-0.05, 0) is 51.7 Å². The van der Waals surface area contributed by atoms with Crippen LogP contribution in [-0.4, -0.2) is 32.3 Å². The second-order valence-electron chi connectivity index (χ2n) is 9.30. The largest absolute Gasteiger partial charge is 0.466 e. The monoisotopic (exact) mass is 501 g/mol. The quantitative estimate of drug-likeness (QED) is 0.288. The van der Waals surface area contributed by atoms with Crippen molar-refractivity contribution in [2.24, 2.45) is 5.92 Å². The molecular weight excluding hydrogens is 474 g/mol. The van der Waals surface area contributed by atoms with Gasteiger partial charge in [-0.1, -0.05) is 0 Å². The first-order chi connectivity index (χ1) is 17.5. The number of pyridine rings is 2. The van der Waals surface area contributed by atoms with Gasteiger partial charge in [-0.15, -0.1) is 11.3 Å². The maximum absolute atomic E-state index is 12.1. The normalized spacial score (nSPS) is 18.2. The molecule has 1 aliphatic carbocycles. The number of carbonyl (C=O) groups is 1. The van der Waals surface area contributed by atoms with Crippen LogP contribution in [0.5, 0.6) is 0 Å². The summed E-state index contributed by atoms with van der Waals surface area (Å²) in [7, 11) is 0. The first-order valence-electron chi connectivity index (χ1n) is 12.3. The lowest BCUT2D eigenvalue weighted by molar-refractivity contribution is -0.149. The van der Waals surface area contributed by atoms with E-state index in [0.717, 1.165) is 69.3 Å². The van der Waals surface area contributed by atoms with Crippen LogP contribution in [0.4, 0.5) is 5.82 Å². The van der Waals surface area contributed by atoms with Gasteiger partial charge >= 0.3 is 5.97 Å². The van der Waals surface area contributed by atoms with Gasteiger partial charge in [0.2, 0.25) is 0 Å². The second kappa shape index (κ2) is 9.05. The Labute approximate surface area is 212 Å². The van der Waals surface area contributed by atoms with Gasteiger partial charge in [0.1, 0.15) is 5.76 Å². The molecule has 0 radical (unpaired) electrons. The molecule has 0 aliphatic heterocycles. The minimum absolute atomic E-state index is 0.00780. The van der Waals surface area contributed by atoms with Crippen LogP contribution in [0.25, 0.3) is 43.5 Å². The minimum Gasteiger partial charge on any atom is -0.466 e. The molecular formula is C27H27N5O3S. The Hall–Kier alpha value is -3.72. The number of esters is 1. The van der Waals surface area contributed by atoms with Gasteiger partial charge in [0.15, 0.2) is 11.4 Å². The summed E-state index contributed by atoms with van der Waals surface area (Å²) in [6.07, 6.45) is 11.0. The Morgan fingerprint density at radius 2 is 2.03 bits per heavy atom. The average Bonchev–Trinajstić information content (AvgIpc) is 3.61. The Balaban J connectivity index is 1.34. The summed E-state index contributed by atoms with van der Waals surface area (Å²) in [5.41, 5.74) is 10.7. The molecule has 5 heterocycles. The zero-order valence-corrected chi connectivity index (χ0v) is 21.0. The lowest BCUT2D eigenvalue weighted by atomic mass is 9.86.